The molecule has 0 saturated carbocycles. The first-order chi connectivity index (χ1) is 6.94. The summed E-state index contributed by atoms with van der Waals surface area (Å²) >= 11 is 2.08. The third-order valence-corrected chi connectivity index (χ3v) is 4.35. The van der Waals surface area contributed by atoms with Gasteiger partial charge in [-0.3, -0.25) is 4.79 Å². The second kappa shape index (κ2) is 5.11. The standard InChI is InChI=1S/C9H12INO3S/c1-2-15(13,14)6-5-11-7-8(10)3-4-9(11)12/h3-4,7H,2,5-6H2,1H3. The highest BCUT2D eigenvalue weighted by Crippen LogP contribution is 2.00. The molecule has 15 heavy (non-hydrogen) atoms. The van der Waals surface area contributed by atoms with Crippen LogP contribution in [-0.4, -0.2) is 24.5 Å². The van der Waals surface area contributed by atoms with E-state index in [0.29, 0.717) is 0 Å². The monoisotopic (exact) mass is 341 g/mol. The summed E-state index contributed by atoms with van der Waals surface area (Å²) in [5.74, 6) is 0.134. The first kappa shape index (κ1) is 12.7. The van der Waals surface area contributed by atoms with E-state index in [2.05, 4.69) is 22.6 Å². The lowest BCUT2D eigenvalue weighted by Crippen LogP contribution is -2.23. The lowest BCUT2D eigenvalue weighted by Gasteiger charge is -2.05. The van der Waals surface area contributed by atoms with Gasteiger partial charge in [0.2, 0.25) is 0 Å². The molecule has 1 aromatic rings. The zero-order valence-electron chi connectivity index (χ0n) is 8.31. The molecule has 0 aliphatic rings. The van der Waals surface area contributed by atoms with Gasteiger partial charge in [0.25, 0.3) is 5.56 Å². The van der Waals surface area contributed by atoms with E-state index in [1.54, 1.807) is 19.2 Å². The fraction of sp³-hybridized carbons (Fsp3) is 0.444. The number of halogens is 1. The van der Waals surface area contributed by atoms with Crippen molar-refractivity contribution in [3.05, 3.63) is 32.3 Å². The summed E-state index contributed by atoms with van der Waals surface area (Å²) in [7, 11) is -3.01. The van der Waals surface area contributed by atoms with Crippen LogP contribution in [0.2, 0.25) is 0 Å². The van der Waals surface area contributed by atoms with Crippen LogP contribution in [-0.2, 0) is 16.4 Å². The van der Waals surface area contributed by atoms with Crippen molar-refractivity contribution >= 4 is 32.4 Å². The Bertz CT molecular complexity index is 492. The van der Waals surface area contributed by atoms with Crippen molar-refractivity contribution in [3.63, 3.8) is 0 Å². The quantitative estimate of drug-likeness (QED) is 0.765. The Morgan fingerprint density at radius 1 is 1.40 bits per heavy atom. The molecule has 0 spiro atoms. The Balaban J connectivity index is 2.82. The maximum Gasteiger partial charge on any atom is 0.250 e. The van der Waals surface area contributed by atoms with Crippen molar-refractivity contribution in [2.45, 2.75) is 13.5 Å². The van der Waals surface area contributed by atoms with Gasteiger partial charge in [-0.05, 0) is 28.7 Å². The van der Waals surface area contributed by atoms with E-state index in [-0.39, 0.29) is 23.6 Å². The van der Waals surface area contributed by atoms with Crippen LogP contribution in [0.4, 0.5) is 0 Å². The first-order valence-electron chi connectivity index (χ1n) is 4.51. The molecule has 0 aromatic carbocycles. The van der Waals surface area contributed by atoms with Gasteiger partial charge >= 0.3 is 0 Å². The van der Waals surface area contributed by atoms with E-state index in [1.807, 2.05) is 0 Å². The number of aryl methyl sites for hydroxylation is 1. The van der Waals surface area contributed by atoms with Gasteiger partial charge in [0.05, 0.1) is 5.75 Å². The van der Waals surface area contributed by atoms with Crippen molar-refractivity contribution in [1.29, 1.82) is 0 Å². The summed E-state index contributed by atoms with van der Waals surface area (Å²) < 4.78 is 24.8. The Morgan fingerprint density at radius 3 is 2.67 bits per heavy atom. The molecule has 84 valence electrons. The lowest BCUT2D eigenvalue weighted by molar-refractivity contribution is 0.588. The van der Waals surface area contributed by atoms with Gasteiger partial charge in [-0.15, -0.1) is 0 Å². The summed E-state index contributed by atoms with van der Waals surface area (Å²) in [5, 5.41) is 0. The van der Waals surface area contributed by atoms with Crippen molar-refractivity contribution in [3.8, 4) is 0 Å². The van der Waals surface area contributed by atoms with Crippen molar-refractivity contribution in [1.82, 2.24) is 4.57 Å². The van der Waals surface area contributed by atoms with Gasteiger partial charge in [-0.1, -0.05) is 6.92 Å². The Hall–Kier alpha value is -0.370. The second-order valence-electron chi connectivity index (χ2n) is 3.12. The average Bonchev–Trinajstić information content (AvgIpc) is 2.20. The van der Waals surface area contributed by atoms with Gasteiger partial charge in [-0.25, -0.2) is 8.42 Å². The summed E-state index contributed by atoms with van der Waals surface area (Å²) in [6, 6.07) is 3.15. The van der Waals surface area contributed by atoms with Crippen LogP contribution in [0.1, 0.15) is 6.92 Å². The fourth-order valence-corrected chi connectivity index (χ4v) is 2.34. The number of hydrogen-bond acceptors (Lipinski definition) is 3. The minimum Gasteiger partial charge on any atom is -0.313 e. The third kappa shape index (κ3) is 3.94. The van der Waals surface area contributed by atoms with Gasteiger partial charge < -0.3 is 4.57 Å². The van der Waals surface area contributed by atoms with Crippen LogP contribution in [0, 0.1) is 3.57 Å². The first-order valence-corrected chi connectivity index (χ1v) is 7.41. The molecule has 0 bridgehead atoms. The maximum atomic E-state index is 11.3. The van der Waals surface area contributed by atoms with Crippen LogP contribution in [0.5, 0.6) is 0 Å². The number of nitrogens with zero attached hydrogens (tertiary/aromatic N) is 1. The predicted molar refractivity (Wildman–Crippen MR) is 67.7 cm³/mol. The van der Waals surface area contributed by atoms with Crippen molar-refractivity contribution < 1.29 is 8.42 Å². The summed E-state index contributed by atoms with van der Waals surface area (Å²) in [6.45, 7) is 1.83. The molecular weight excluding hydrogens is 329 g/mol. The molecule has 0 atom stereocenters. The Morgan fingerprint density at radius 2 is 2.07 bits per heavy atom. The highest BCUT2D eigenvalue weighted by atomic mass is 127. The van der Waals surface area contributed by atoms with Gasteiger partial charge in [0.1, 0.15) is 0 Å². The third-order valence-electron chi connectivity index (χ3n) is 2.03. The van der Waals surface area contributed by atoms with Crippen molar-refractivity contribution in [2.24, 2.45) is 0 Å². The number of rotatable bonds is 4. The molecule has 1 rings (SSSR count). The largest absolute Gasteiger partial charge is 0.313 e. The minimum atomic E-state index is -3.01. The highest BCUT2D eigenvalue weighted by Gasteiger charge is 2.07. The number of hydrogen-bond donors (Lipinski definition) is 0. The second-order valence-corrected chi connectivity index (χ2v) is 6.83. The normalized spacial score (nSPS) is 11.6. The summed E-state index contributed by atoms with van der Waals surface area (Å²) in [4.78, 5) is 11.3. The fourth-order valence-electron chi connectivity index (χ4n) is 1.06. The molecule has 6 heteroatoms. The van der Waals surface area contributed by atoms with Gasteiger partial charge in [0.15, 0.2) is 9.84 Å². The average molecular weight is 341 g/mol. The maximum absolute atomic E-state index is 11.3. The predicted octanol–water partition coefficient (Wildman–Crippen LogP) is 0.888. The SMILES string of the molecule is CCS(=O)(=O)CCn1cc(I)ccc1=O. The molecule has 0 unspecified atom stereocenters. The minimum absolute atomic E-state index is 0.0174. The number of aromatic nitrogens is 1. The zero-order valence-corrected chi connectivity index (χ0v) is 11.3. The van der Waals surface area contributed by atoms with Crippen LogP contribution >= 0.6 is 22.6 Å². The molecule has 4 nitrogen and oxygen atoms in total. The van der Waals surface area contributed by atoms with E-state index in [1.165, 1.54) is 10.6 Å². The number of pyridine rings is 1. The smallest absolute Gasteiger partial charge is 0.250 e. The van der Waals surface area contributed by atoms with E-state index >= 15 is 0 Å². The molecule has 0 aliphatic heterocycles. The molecule has 1 aromatic heterocycles. The molecule has 0 amide bonds. The molecular formula is C9H12INO3S. The molecule has 0 N–H and O–H groups in total. The van der Waals surface area contributed by atoms with Crippen molar-refractivity contribution in [2.75, 3.05) is 11.5 Å². The van der Waals surface area contributed by atoms with Crippen LogP contribution in [0.3, 0.4) is 0 Å². The number of sulfone groups is 1. The van der Waals surface area contributed by atoms with E-state index in [4.69, 9.17) is 0 Å². The van der Waals surface area contributed by atoms with Crippen LogP contribution in [0.25, 0.3) is 0 Å². The molecule has 0 radical (unpaired) electrons. The van der Waals surface area contributed by atoms with Crippen LogP contribution in [0.15, 0.2) is 23.1 Å². The molecule has 0 saturated heterocycles. The van der Waals surface area contributed by atoms with E-state index in [0.717, 1.165) is 3.57 Å². The van der Waals surface area contributed by atoms with E-state index in [9.17, 15) is 13.2 Å². The lowest BCUT2D eigenvalue weighted by atomic mass is 10.5. The van der Waals surface area contributed by atoms with Crippen LogP contribution < -0.4 is 5.56 Å². The Labute approximate surface area is 102 Å². The van der Waals surface area contributed by atoms with Gasteiger partial charge in [0, 0.05) is 28.1 Å². The zero-order chi connectivity index (χ0) is 11.5. The molecule has 0 aliphatic carbocycles. The molecule has 1 heterocycles. The van der Waals surface area contributed by atoms with E-state index < -0.39 is 9.84 Å². The van der Waals surface area contributed by atoms with Gasteiger partial charge in [-0.2, -0.15) is 0 Å². The molecule has 0 fully saturated rings. The summed E-state index contributed by atoms with van der Waals surface area (Å²) in [5.41, 5.74) is -0.165. The highest BCUT2D eigenvalue weighted by molar-refractivity contribution is 14.1. The topological polar surface area (TPSA) is 56.1 Å². The summed E-state index contributed by atoms with van der Waals surface area (Å²) in [6.07, 6.45) is 1.66. The Kier molecular flexibility index (Phi) is 4.32.